The van der Waals surface area contributed by atoms with Crippen molar-refractivity contribution >= 4 is 49.7 Å². The Kier molecular flexibility index (Phi) is 15.1. The summed E-state index contributed by atoms with van der Waals surface area (Å²) in [6, 6.07) is 4.15. The maximum Gasteiger partial charge on any atom is 0.415 e. The summed E-state index contributed by atoms with van der Waals surface area (Å²) in [5.41, 5.74) is -3.35. The number of carbonyl (C=O) groups excluding carboxylic acids is 5. The van der Waals surface area contributed by atoms with E-state index in [1.165, 1.54) is 16.6 Å². The van der Waals surface area contributed by atoms with Gasteiger partial charge in [-0.15, -0.1) is 0 Å². The fourth-order valence-electron chi connectivity index (χ4n) is 6.75. The highest BCUT2D eigenvalue weighted by Gasteiger charge is 2.62. The van der Waals surface area contributed by atoms with Gasteiger partial charge in [0.1, 0.15) is 48.4 Å². The fraction of sp³-hybridized carbons (Fsp3) is 0.700. The number of esters is 3. The van der Waals surface area contributed by atoms with Crippen LogP contribution in [-0.4, -0.2) is 96.4 Å². The number of nitrogens with one attached hydrogen (secondary N) is 2. The number of nitriles is 1. The van der Waals surface area contributed by atoms with E-state index in [1.54, 1.807) is 55.4 Å². The van der Waals surface area contributed by atoms with Gasteiger partial charge in [0.05, 0.1) is 11.1 Å². The molecule has 2 fully saturated rings. The maximum absolute atomic E-state index is 14.1. The average molecular weight is 845 g/mol. The number of aromatic nitrogens is 3. The standard InChI is InChI=1S/C40H60N6O12Si/c1-24(2)30(44-37(51)57-39(6,7)8)34(48)55-31-27(20-52-29(47)19-25-15-13-12-14-16-25)56-40(21-41,32(31)58-59(9,10)11)28-18-17-26-33(42-22-43-46(26)28)45-36(50)54-23-53-35(49)38(3,4)5/h17-18,22,24-25,27,30-32H,12-16,19-20,23H2,1-11H3,(H,44,51)(H,42,43,45,50)/t27-,30+,31-,32-,40+/m1/s1. The second kappa shape index (κ2) is 19.1. The number of carbonyl (C=O) groups is 5. The van der Waals surface area contributed by atoms with Gasteiger partial charge >= 0.3 is 30.1 Å². The minimum Gasteiger partial charge on any atom is -0.463 e. The van der Waals surface area contributed by atoms with Gasteiger partial charge in [0, 0.05) is 6.42 Å². The first-order valence-corrected chi connectivity index (χ1v) is 23.4. The lowest BCUT2D eigenvalue weighted by atomic mass is 9.87. The smallest absolute Gasteiger partial charge is 0.415 e. The third-order valence-electron chi connectivity index (χ3n) is 9.53. The molecule has 59 heavy (non-hydrogen) atoms. The van der Waals surface area contributed by atoms with Crippen LogP contribution in [0.5, 0.6) is 0 Å². The number of fused-ring (bicyclic) bond motifs is 1. The van der Waals surface area contributed by atoms with E-state index >= 15 is 0 Å². The van der Waals surface area contributed by atoms with Crippen molar-refractivity contribution in [3.63, 3.8) is 0 Å². The molecule has 0 unspecified atom stereocenters. The minimum absolute atomic E-state index is 0.0173. The Morgan fingerprint density at radius 3 is 2.27 bits per heavy atom. The predicted molar refractivity (Wildman–Crippen MR) is 214 cm³/mol. The lowest BCUT2D eigenvalue weighted by Crippen LogP contribution is -2.53. The number of hydrogen-bond acceptors (Lipinski definition) is 15. The number of anilines is 1. The van der Waals surface area contributed by atoms with Crippen molar-refractivity contribution in [3.05, 3.63) is 24.2 Å². The van der Waals surface area contributed by atoms with Crippen molar-refractivity contribution in [3.8, 4) is 6.07 Å². The maximum atomic E-state index is 14.1. The Hall–Kier alpha value is -4.80. The summed E-state index contributed by atoms with van der Waals surface area (Å²) in [6.45, 7) is 18.1. The summed E-state index contributed by atoms with van der Waals surface area (Å²) in [5.74, 6) is -2.17. The molecule has 2 amide bonds. The molecule has 0 radical (unpaired) electrons. The summed E-state index contributed by atoms with van der Waals surface area (Å²) in [7, 11) is -2.64. The molecular weight excluding hydrogens is 785 g/mol. The largest absolute Gasteiger partial charge is 0.463 e. The SMILES string of the molecule is CC(C)[C@H](NC(=O)OC(C)(C)C)C(=O)O[C@H]1[C@@H](O[Si](C)(C)C)[C@](C#N)(c2ccc3c(NC(=O)OCOC(=O)C(C)(C)C)ncnn23)O[C@@H]1COC(=O)CC1CCCCC1. The molecule has 0 spiro atoms. The van der Waals surface area contributed by atoms with Crippen molar-refractivity contribution in [1.29, 1.82) is 5.26 Å². The molecule has 2 N–H and O–H groups in total. The van der Waals surface area contributed by atoms with Crippen LogP contribution in [0.3, 0.4) is 0 Å². The molecule has 2 aliphatic rings. The minimum atomic E-state index is -2.64. The molecule has 0 bridgehead atoms. The van der Waals surface area contributed by atoms with E-state index in [-0.39, 0.29) is 36.0 Å². The summed E-state index contributed by atoms with van der Waals surface area (Å²) < 4.78 is 42.1. The zero-order valence-corrected chi connectivity index (χ0v) is 37.0. The molecule has 4 rings (SSSR count). The lowest BCUT2D eigenvalue weighted by Gasteiger charge is -2.34. The van der Waals surface area contributed by atoms with Crippen LogP contribution in [0.4, 0.5) is 15.4 Å². The number of amides is 2. The molecule has 3 heterocycles. The van der Waals surface area contributed by atoms with E-state index in [4.69, 9.17) is 32.8 Å². The van der Waals surface area contributed by atoms with Crippen molar-refractivity contribution in [1.82, 2.24) is 19.9 Å². The molecule has 1 saturated heterocycles. The van der Waals surface area contributed by atoms with Crippen molar-refractivity contribution in [2.24, 2.45) is 17.3 Å². The number of hydrogen-bond donors (Lipinski definition) is 2. The summed E-state index contributed by atoms with van der Waals surface area (Å²) in [4.78, 5) is 69.2. The molecule has 2 aromatic heterocycles. The van der Waals surface area contributed by atoms with Gasteiger partial charge in [-0.1, -0.05) is 33.1 Å². The van der Waals surface area contributed by atoms with Crippen LogP contribution in [0.1, 0.15) is 99.6 Å². The van der Waals surface area contributed by atoms with E-state index in [0.29, 0.717) is 0 Å². The normalized spacial score (nSPS) is 21.9. The number of alkyl carbamates (subject to hydrolysis) is 1. The Morgan fingerprint density at radius 2 is 1.68 bits per heavy atom. The summed E-state index contributed by atoms with van der Waals surface area (Å²) in [5, 5.41) is 20.6. The van der Waals surface area contributed by atoms with Gasteiger partial charge in [-0.05, 0) is 98.0 Å². The quantitative estimate of drug-likeness (QED) is 0.0942. The second-order valence-corrected chi connectivity index (χ2v) is 22.8. The molecule has 5 atom stereocenters. The van der Waals surface area contributed by atoms with Gasteiger partial charge in [-0.2, -0.15) is 10.4 Å². The van der Waals surface area contributed by atoms with E-state index < -0.39 is 92.1 Å². The topological polar surface area (TPSA) is 228 Å². The number of ether oxygens (including phenoxy) is 6. The van der Waals surface area contributed by atoms with Crippen molar-refractivity contribution in [2.45, 2.75) is 149 Å². The van der Waals surface area contributed by atoms with Crippen LogP contribution in [0, 0.1) is 28.6 Å². The Balaban J connectivity index is 1.72. The second-order valence-electron chi connectivity index (χ2n) is 18.3. The zero-order chi connectivity index (χ0) is 43.9. The van der Waals surface area contributed by atoms with E-state index in [0.717, 1.165) is 38.4 Å². The number of rotatable bonds is 14. The highest BCUT2D eigenvalue weighted by atomic mass is 28.4. The van der Waals surface area contributed by atoms with E-state index in [9.17, 15) is 29.2 Å². The highest BCUT2D eigenvalue weighted by molar-refractivity contribution is 6.69. The van der Waals surface area contributed by atoms with Gasteiger partial charge in [0.2, 0.25) is 12.4 Å². The molecule has 1 aliphatic heterocycles. The summed E-state index contributed by atoms with van der Waals surface area (Å²) >= 11 is 0. The van der Waals surface area contributed by atoms with Gasteiger partial charge in [-0.3, -0.25) is 14.9 Å². The Labute approximate surface area is 346 Å². The number of nitrogens with zero attached hydrogens (tertiary/aromatic N) is 4. The van der Waals surface area contributed by atoms with E-state index in [1.807, 2.05) is 19.6 Å². The molecule has 19 heteroatoms. The predicted octanol–water partition coefficient (Wildman–Crippen LogP) is 6.14. The first-order chi connectivity index (χ1) is 27.4. The van der Waals surface area contributed by atoms with Crippen LogP contribution in [0.25, 0.3) is 5.52 Å². The third kappa shape index (κ3) is 12.6. The van der Waals surface area contributed by atoms with Gasteiger partial charge in [-0.25, -0.2) is 23.9 Å². The van der Waals surface area contributed by atoms with Gasteiger partial charge in [0.15, 0.2) is 20.2 Å². The molecule has 18 nitrogen and oxygen atoms in total. The van der Waals surface area contributed by atoms with Crippen LogP contribution >= 0.6 is 0 Å². The average Bonchev–Trinajstić information content (AvgIpc) is 3.68. The first kappa shape index (κ1) is 46.9. The van der Waals surface area contributed by atoms with Gasteiger partial charge in [0.25, 0.3) is 0 Å². The molecule has 0 aromatic carbocycles. The zero-order valence-electron chi connectivity index (χ0n) is 36.0. The summed E-state index contributed by atoms with van der Waals surface area (Å²) in [6.07, 6.45) is 0.699. The Bertz CT molecular complexity index is 1870. The molecule has 2 aromatic rings. The molecule has 1 aliphatic carbocycles. The van der Waals surface area contributed by atoms with Crippen LogP contribution < -0.4 is 10.6 Å². The molecule has 1 saturated carbocycles. The first-order valence-electron chi connectivity index (χ1n) is 20.0. The van der Waals surface area contributed by atoms with Crippen molar-refractivity contribution in [2.75, 3.05) is 18.7 Å². The van der Waals surface area contributed by atoms with Crippen molar-refractivity contribution < 1.29 is 56.8 Å². The Morgan fingerprint density at radius 1 is 1.00 bits per heavy atom. The van der Waals surface area contributed by atoms with E-state index in [2.05, 4.69) is 26.8 Å². The monoisotopic (exact) mass is 844 g/mol. The highest BCUT2D eigenvalue weighted by Crippen LogP contribution is 2.45. The van der Waals surface area contributed by atoms with Gasteiger partial charge < -0.3 is 38.2 Å². The lowest BCUT2D eigenvalue weighted by molar-refractivity contribution is -0.163. The van der Waals surface area contributed by atoms with Crippen LogP contribution in [0.15, 0.2) is 18.5 Å². The third-order valence-corrected chi connectivity index (χ3v) is 10.5. The molecular formula is C40H60N6O12Si. The van der Waals surface area contributed by atoms with Crippen LogP contribution in [-0.2, 0) is 52.8 Å². The fourth-order valence-corrected chi connectivity index (χ4v) is 7.81. The van der Waals surface area contributed by atoms with Crippen LogP contribution in [0.2, 0.25) is 19.6 Å². The molecule has 326 valence electrons.